The predicted octanol–water partition coefficient (Wildman–Crippen LogP) is 4.64. The number of rotatable bonds is 6. The number of nitrogens with zero attached hydrogens (tertiary/aromatic N) is 1. The summed E-state index contributed by atoms with van der Waals surface area (Å²) in [5.41, 5.74) is 4.11. The third kappa shape index (κ3) is 4.85. The first-order valence-corrected chi connectivity index (χ1v) is 10.8. The molecule has 0 fully saturated rings. The molecule has 1 atom stereocenters. The Kier molecular flexibility index (Phi) is 6.47. The molecule has 1 heterocycles. The SMILES string of the molecule is CCOC(=O)Cn1c2c(c3cc(Cl)ccc31)CC(NC(=O)OCc1ccccc1)CC2. The molecule has 6 nitrogen and oxygen atoms in total. The van der Waals surface area contributed by atoms with Crippen LogP contribution >= 0.6 is 11.6 Å². The number of alkyl carbamates (subject to hydrolysis) is 1. The summed E-state index contributed by atoms with van der Waals surface area (Å²) in [6.45, 7) is 2.55. The lowest BCUT2D eigenvalue weighted by Crippen LogP contribution is -2.39. The fraction of sp³-hybridized carbons (Fsp3) is 0.333. The zero-order valence-electron chi connectivity index (χ0n) is 17.4. The highest BCUT2D eigenvalue weighted by Gasteiger charge is 2.27. The molecule has 1 aliphatic carbocycles. The van der Waals surface area contributed by atoms with E-state index in [0.29, 0.717) is 18.1 Å². The number of esters is 1. The molecule has 1 N–H and O–H groups in total. The summed E-state index contributed by atoms with van der Waals surface area (Å²) < 4.78 is 12.5. The Bertz CT molecular complexity index is 1090. The van der Waals surface area contributed by atoms with Crippen molar-refractivity contribution in [3.8, 4) is 0 Å². The molecule has 1 unspecified atom stereocenters. The molecule has 1 aromatic heterocycles. The molecule has 0 spiro atoms. The highest BCUT2D eigenvalue weighted by atomic mass is 35.5. The van der Waals surface area contributed by atoms with Gasteiger partial charge in [0.25, 0.3) is 0 Å². The number of benzene rings is 2. The molecular weight excluding hydrogens is 416 g/mol. The van der Waals surface area contributed by atoms with E-state index in [1.54, 1.807) is 6.92 Å². The van der Waals surface area contributed by atoms with Crippen LogP contribution in [0.25, 0.3) is 10.9 Å². The zero-order valence-corrected chi connectivity index (χ0v) is 18.2. The van der Waals surface area contributed by atoms with E-state index in [1.807, 2.05) is 53.1 Å². The Morgan fingerprint density at radius 2 is 1.97 bits per heavy atom. The summed E-state index contributed by atoms with van der Waals surface area (Å²) in [6, 6.07) is 15.2. The number of nitrogens with one attached hydrogen (secondary N) is 1. The van der Waals surface area contributed by atoms with Crippen LogP contribution in [0.5, 0.6) is 0 Å². The van der Waals surface area contributed by atoms with Gasteiger partial charge in [-0.15, -0.1) is 0 Å². The number of ether oxygens (including phenoxy) is 2. The third-order valence-corrected chi connectivity index (χ3v) is 5.79. The van der Waals surface area contributed by atoms with Crippen molar-refractivity contribution >= 4 is 34.6 Å². The van der Waals surface area contributed by atoms with E-state index >= 15 is 0 Å². The number of carbonyl (C=O) groups excluding carboxylic acids is 2. The van der Waals surface area contributed by atoms with E-state index in [0.717, 1.165) is 40.6 Å². The first-order chi connectivity index (χ1) is 15.0. The molecule has 1 amide bonds. The van der Waals surface area contributed by atoms with Crippen LogP contribution in [0.3, 0.4) is 0 Å². The molecule has 4 rings (SSSR count). The van der Waals surface area contributed by atoms with Gasteiger partial charge in [-0.05, 0) is 55.5 Å². The average molecular weight is 441 g/mol. The lowest BCUT2D eigenvalue weighted by molar-refractivity contribution is -0.143. The smallest absolute Gasteiger partial charge is 0.407 e. The number of carbonyl (C=O) groups is 2. The van der Waals surface area contributed by atoms with Gasteiger partial charge < -0.3 is 19.4 Å². The van der Waals surface area contributed by atoms with Crippen LogP contribution < -0.4 is 5.32 Å². The fourth-order valence-corrected chi connectivity index (χ4v) is 4.37. The van der Waals surface area contributed by atoms with Gasteiger partial charge in [0, 0.05) is 27.7 Å². The molecule has 162 valence electrons. The highest BCUT2D eigenvalue weighted by molar-refractivity contribution is 6.31. The summed E-state index contributed by atoms with van der Waals surface area (Å²) in [5, 5.41) is 4.63. The summed E-state index contributed by atoms with van der Waals surface area (Å²) in [5.74, 6) is -0.262. The summed E-state index contributed by atoms with van der Waals surface area (Å²) in [6.07, 6.45) is 1.73. The Balaban J connectivity index is 1.50. The van der Waals surface area contributed by atoms with E-state index in [2.05, 4.69) is 5.32 Å². The van der Waals surface area contributed by atoms with Crippen LogP contribution in [0.2, 0.25) is 5.02 Å². The minimum atomic E-state index is -0.425. The van der Waals surface area contributed by atoms with Gasteiger partial charge in [-0.2, -0.15) is 0 Å². The van der Waals surface area contributed by atoms with Gasteiger partial charge in [0.2, 0.25) is 0 Å². The first kappa shape index (κ1) is 21.2. The lowest BCUT2D eigenvalue weighted by Gasteiger charge is -2.24. The summed E-state index contributed by atoms with van der Waals surface area (Å²) in [7, 11) is 0. The van der Waals surface area contributed by atoms with Crippen molar-refractivity contribution in [2.24, 2.45) is 0 Å². The van der Waals surface area contributed by atoms with Crippen LogP contribution in [-0.2, 0) is 40.3 Å². The molecule has 1 aliphatic rings. The van der Waals surface area contributed by atoms with Crippen LogP contribution in [0.4, 0.5) is 4.79 Å². The van der Waals surface area contributed by atoms with Crippen LogP contribution in [-0.4, -0.2) is 29.3 Å². The number of hydrogen-bond donors (Lipinski definition) is 1. The Hall–Kier alpha value is -2.99. The molecule has 0 saturated carbocycles. The Morgan fingerprint density at radius 1 is 1.16 bits per heavy atom. The second kappa shape index (κ2) is 9.43. The van der Waals surface area contributed by atoms with Crippen molar-refractivity contribution in [3.63, 3.8) is 0 Å². The molecule has 0 radical (unpaired) electrons. The maximum atomic E-state index is 12.3. The minimum Gasteiger partial charge on any atom is -0.465 e. The van der Waals surface area contributed by atoms with E-state index in [1.165, 1.54) is 0 Å². The standard InChI is InChI=1S/C24H25ClN2O4/c1-2-30-23(28)14-27-21-10-8-17(25)12-19(21)20-13-18(9-11-22(20)27)26-24(29)31-15-16-6-4-3-5-7-16/h3-8,10,12,18H,2,9,11,13-15H2,1H3,(H,26,29). The van der Waals surface area contributed by atoms with Crippen molar-refractivity contribution in [1.82, 2.24) is 9.88 Å². The monoisotopic (exact) mass is 440 g/mol. The number of fused-ring (bicyclic) bond motifs is 3. The number of aromatic nitrogens is 1. The van der Waals surface area contributed by atoms with E-state index in [9.17, 15) is 9.59 Å². The minimum absolute atomic E-state index is 0.0450. The van der Waals surface area contributed by atoms with Gasteiger partial charge >= 0.3 is 12.1 Å². The van der Waals surface area contributed by atoms with Gasteiger partial charge in [0.05, 0.1) is 6.61 Å². The molecule has 3 aromatic rings. The second-order valence-electron chi connectivity index (χ2n) is 7.62. The van der Waals surface area contributed by atoms with Gasteiger partial charge in [-0.3, -0.25) is 4.79 Å². The fourth-order valence-electron chi connectivity index (χ4n) is 4.19. The van der Waals surface area contributed by atoms with Crippen LogP contribution in [0.15, 0.2) is 48.5 Å². The Labute approximate surface area is 186 Å². The quantitative estimate of drug-likeness (QED) is 0.567. The number of amides is 1. The highest BCUT2D eigenvalue weighted by Crippen LogP contribution is 2.34. The second-order valence-corrected chi connectivity index (χ2v) is 8.06. The molecule has 7 heteroatoms. The molecular formula is C24H25ClN2O4. The van der Waals surface area contributed by atoms with Gasteiger partial charge in [-0.1, -0.05) is 41.9 Å². The van der Waals surface area contributed by atoms with Crippen LogP contribution in [0.1, 0.15) is 30.2 Å². The normalized spacial score (nSPS) is 15.4. The summed E-state index contributed by atoms with van der Waals surface area (Å²) in [4.78, 5) is 24.5. The maximum Gasteiger partial charge on any atom is 0.407 e. The van der Waals surface area contributed by atoms with Crippen molar-refractivity contribution < 1.29 is 19.1 Å². The number of halogens is 1. The molecule has 0 saturated heterocycles. The van der Waals surface area contributed by atoms with E-state index in [4.69, 9.17) is 21.1 Å². The Morgan fingerprint density at radius 3 is 2.74 bits per heavy atom. The van der Waals surface area contributed by atoms with Crippen molar-refractivity contribution in [1.29, 1.82) is 0 Å². The topological polar surface area (TPSA) is 69.6 Å². The maximum absolute atomic E-state index is 12.3. The van der Waals surface area contributed by atoms with Gasteiger partial charge in [-0.25, -0.2) is 4.79 Å². The molecule has 0 aliphatic heterocycles. The number of hydrogen-bond acceptors (Lipinski definition) is 4. The van der Waals surface area contributed by atoms with Crippen molar-refractivity contribution in [3.05, 3.63) is 70.4 Å². The molecule has 2 aromatic carbocycles. The van der Waals surface area contributed by atoms with Crippen molar-refractivity contribution in [2.45, 2.75) is 45.4 Å². The summed E-state index contributed by atoms with van der Waals surface area (Å²) >= 11 is 6.26. The van der Waals surface area contributed by atoms with Gasteiger partial charge in [0.15, 0.2) is 0 Å². The lowest BCUT2D eigenvalue weighted by atomic mass is 9.91. The zero-order chi connectivity index (χ0) is 21.8. The largest absolute Gasteiger partial charge is 0.465 e. The predicted molar refractivity (Wildman–Crippen MR) is 119 cm³/mol. The molecule has 0 bridgehead atoms. The van der Waals surface area contributed by atoms with Crippen LogP contribution in [0, 0.1) is 0 Å². The third-order valence-electron chi connectivity index (χ3n) is 5.56. The van der Waals surface area contributed by atoms with E-state index in [-0.39, 0.29) is 25.2 Å². The molecule has 31 heavy (non-hydrogen) atoms. The average Bonchev–Trinajstić information content (AvgIpc) is 3.05. The van der Waals surface area contributed by atoms with Crippen molar-refractivity contribution in [2.75, 3.05) is 6.61 Å². The first-order valence-electron chi connectivity index (χ1n) is 10.5. The van der Waals surface area contributed by atoms with Gasteiger partial charge in [0.1, 0.15) is 13.2 Å². The van der Waals surface area contributed by atoms with E-state index < -0.39 is 6.09 Å².